The maximum Gasteiger partial charge on any atom is 0.306 e. The zero-order valence-corrected chi connectivity index (χ0v) is 49.6. The van der Waals surface area contributed by atoms with Crippen molar-refractivity contribution in [1.82, 2.24) is 0 Å². The normalized spacial score (nSPS) is 12.3. The second kappa shape index (κ2) is 62.9. The molecular formula is C68H124O6. The maximum atomic E-state index is 12.9. The summed E-state index contributed by atoms with van der Waals surface area (Å²) in [5, 5.41) is 0. The summed E-state index contributed by atoms with van der Waals surface area (Å²) in [7, 11) is 0. The number of ether oxygens (including phenoxy) is 3. The fourth-order valence-electron chi connectivity index (χ4n) is 9.73. The summed E-state index contributed by atoms with van der Waals surface area (Å²) in [6, 6.07) is 0. The van der Waals surface area contributed by atoms with Crippen LogP contribution in [0.4, 0.5) is 0 Å². The van der Waals surface area contributed by atoms with Crippen LogP contribution in [0.2, 0.25) is 0 Å². The molecule has 0 aromatic rings. The van der Waals surface area contributed by atoms with Gasteiger partial charge >= 0.3 is 17.9 Å². The van der Waals surface area contributed by atoms with E-state index >= 15 is 0 Å². The van der Waals surface area contributed by atoms with E-state index in [1.165, 1.54) is 212 Å². The van der Waals surface area contributed by atoms with Crippen LogP contribution < -0.4 is 0 Å². The molecule has 0 amide bonds. The highest BCUT2D eigenvalue weighted by molar-refractivity contribution is 5.71. The largest absolute Gasteiger partial charge is 0.462 e. The molecule has 0 radical (unpaired) electrons. The van der Waals surface area contributed by atoms with E-state index in [1.807, 2.05) is 0 Å². The van der Waals surface area contributed by atoms with E-state index in [0.717, 1.165) is 96.3 Å². The number of esters is 3. The smallest absolute Gasteiger partial charge is 0.306 e. The number of carbonyl (C=O) groups is 3. The molecule has 0 aliphatic rings. The number of unbranched alkanes of at least 4 members (excludes halogenated alkanes) is 41. The number of carbonyl (C=O) groups excluding carboxylic acids is 3. The van der Waals surface area contributed by atoms with Crippen molar-refractivity contribution in [3.05, 3.63) is 48.6 Å². The molecule has 0 aromatic carbocycles. The van der Waals surface area contributed by atoms with Crippen molar-refractivity contribution >= 4 is 17.9 Å². The molecule has 6 nitrogen and oxygen atoms in total. The maximum absolute atomic E-state index is 12.9. The highest BCUT2D eigenvalue weighted by Gasteiger charge is 2.19. The summed E-state index contributed by atoms with van der Waals surface area (Å²) in [5.74, 6) is -0.872. The van der Waals surface area contributed by atoms with Gasteiger partial charge in [-0.3, -0.25) is 14.4 Å². The third-order valence-corrected chi connectivity index (χ3v) is 14.6. The first-order valence-corrected chi connectivity index (χ1v) is 32.6. The molecular weight excluding hydrogens is 913 g/mol. The topological polar surface area (TPSA) is 78.9 Å². The summed E-state index contributed by atoms with van der Waals surface area (Å²) < 4.78 is 16.9. The fourth-order valence-corrected chi connectivity index (χ4v) is 9.73. The van der Waals surface area contributed by atoms with Crippen molar-refractivity contribution < 1.29 is 28.6 Å². The van der Waals surface area contributed by atoms with Gasteiger partial charge < -0.3 is 14.2 Å². The Bertz CT molecular complexity index is 1280. The molecule has 6 heteroatoms. The van der Waals surface area contributed by atoms with Crippen LogP contribution in [0.25, 0.3) is 0 Å². The predicted octanol–water partition coefficient (Wildman–Crippen LogP) is 22.2. The molecule has 0 aromatic heterocycles. The van der Waals surface area contributed by atoms with Crippen molar-refractivity contribution in [3.63, 3.8) is 0 Å². The third kappa shape index (κ3) is 60.2. The molecule has 1 unspecified atom stereocenters. The minimum atomic E-state index is -0.777. The van der Waals surface area contributed by atoms with E-state index in [2.05, 4.69) is 69.4 Å². The van der Waals surface area contributed by atoms with Crippen molar-refractivity contribution in [2.45, 2.75) is 354 Å². The van der Waals surface area contributed by atoms with Crippen LogP contribution in [-0.2, 0) is 28.6 Å². The second-order valence-corrected chi connectivity index (χ2v) is 22.0. The second-order valence-electron chi connectivity index (χ2n) is 22.0. The van der Waals surface area contributed by atoms with E-state index in [4.69, 9.17) is 14.2 Å². The van der Waals surface area contributed by atoms with Gasteiger partial charge in [0.15, 0.2) is 6.10 Å². The third-order valence-electron chi connectivity index (χ3n) is 14.6. The Balaban J connectivity index is 4.13. The summed E-state index contributed by atoms with van der Waals surface area (Å²) >= 11 is 0. The summed E-state index contributed by atoms with van der Waals surface area (Å²) in [4.78, 5) is 38.2. The van der Waals surface area contributed by atoms with Crippen LogP contribution >= 0.6 is 0 Å². The first kappa shape index (κ1) is 71.4. The SMILES string of the molecule is CC/C=C\C/C=C\C/C=C\C/C=C\CCCCCCCCC(=O)OC(COC(=O)CCCCCCCCCCC)COC(=O)CCCCCCCCCCCCCCCCCCCCCCCCCCCCCC. The zero-order chi connectivity index (χ0) is 53.6. The van der Waals surface area contributed by atoms with E-state index in [9.17, 15) is 14.4 Å². The highest BCUT2D eigenvalue weighted by atomic mass is 16.6. The van der Waals surface area contributed by atoms with E-state index in [0.29, 0.717) is 19.3 Å². The Morgan fingerprint density at radius 3 is 0.824 bits per heavy atom. The molecule has 432 valence electrons. The molecule has 0 spiro atoms. The van der Waals surface area contributed by atoms with Gasteiger partial charge in [-0.05, 0) is 57.8 Å². The Morgan fingerprint density at radius 2 is 0.527 bits per heavy atom. The number of hydrogen-bond donors (Lipinski definition) is 0. The number of allylic oxidation sites excluding steroid dienone is 8. The van der Waals surface area contributed by atoms with E-state index in [1.54, 1.807) is 0 Å². The lowest BCUT2D eigenvalue weighted by molar-refractivity contribution is -0.167. The zero-order valence-electron chi connectivity index (χ0n) is 49.6. The number of hydrogen-bond acceptors (Lipinski definition) is 6. The van der Waals surface area contributed by atoms with Crippen LogP contribution in [0.5, 0.6) is 0 Å². The molecule has 0 fully saturated rings. The Morgan fingerprint density at radius 1 is 0.284 bits per heavy atom. The van der Waals surface area contributed by atoms with Gasteiger partial charge in [-0.25, -0.2) is 0 Å². The lowest BCUT2D eigenvalue weighted by Crippen LogP contribution is -2.30. The van der Waals surface area contributed by atoms with Gasteiger partial charge in [0, 0.05) is 19.3 Å². The first-order chi connectivity index (χ1) is 36.5. The van der Waals surface area contributed by atoms with E-state index in [-0.39, 0.29) is 31.1 Å². The van der Waals surface area contributed by atoms with Gasteiger partial charge in [0.2, 0.25) is 0 Å². The van der Waals surface area contributed by atoms with Gasteiger partial charge in [0.25, 0.3) is 0 Å². The minimum Gasteiger partial charge on any atom is -0.462 e. The van der Waals surface area contributed by atoms with Gasteiger partial charge in [-0.2, -0.15) is 0 Å². The van der Waals surface area contributed by atoms with Crippen LogP contribution in [0.3, 0.4) is 0 Å². The molecule has 0 saturated carbocycles. The molecule has 0 saturated heterocycles. The molecule has 0 rings (SSSR count). The van der Waals surface area contributed by atoms with Crippen LogP contribution in [-0.4, -0.2) is 37.2 Å². The van der Waals surface area contributed by atoms with Crippen LogP contribution in [0, 0.1) is 0 Å². The predicted molar refractivity (Wildman–Crippen MR) is 321 cm³/mol. The van der Waals surface area contributed by atoms with Gasteiger partial charge in [0.1, 0.15) is 13.2 Å². The standard InChI is InChI=1S/C68H124O6/c1-4-7-10-13-16-19-21-23-25-27-29-30-31-32-33-34-35-36-37-39-40-42-44-46-49-52-55-58-61-67(70)73-64-65(63-72-66(69)60-57-54-51-48-18-15-12-9-6-3)74-68(71)62-59-56-53-50-47-45-43-41-38-28-26-24-22-20-17-14-11-8-5-2/h8,11,17,20,24,26,38,41,65H,4-7,9-10,12-16,18-19,21-23,25,27-37,39-40,42-64H2,1-3H3/b11-8-,20-17-,26-24-,41-38-. The molecule has 0 heterocycles. The van der Waals surface area contributed by atoms with Gasteiger partial charge in [-0.1, -0.05) is 320 Å². The minimum absolute atomic E-state index is 0.0747. The summed E-state index contributed by atoms with van der Waals surface area (Å²) in [6.07, 6.45) is 78.6. The lowest BCUT2D eigenvalue weighted by Gasteiger charge is -2.18. The molecule has 74 heavy (non-hydrogen) atoms. The average molecular weight is 1040 g/mol. The van der Waals surface area contributed by atoms with Crippen molar-refractivity contribution in [2.24, 2.45) is 0 Å². The lowest BCUT2D eigenvalue weighted by atomic mass is 10.0. The Labute approximate surface area is 460 Å². The highest BCUT2D eigenvalue weighted by Crippen LogP contribution is 2.18. The molecule has 0 aliphatic carbocycles. The molecule has 0 N–H and O–H groups in total. The summed E-state index contributed by atoms with van der Waals surface area (Å²) in [5.41, 5.74) is 0. The monoisotopic (exact) mass is 1040 g/mol. The Hall–Kier alpha value is -2.63. The van der Waals surface area contributed by atoms with Crippen LogP contribution in [0.15, 0.2) is 48.6 Å². The van der Waals surface area contributed by atoms with E-state index < -0.39 is 6.10 Å². The van der Waals surface area contributed by atoms with Crippen molar-refractivity contribution in [2.75, 3.05) is 13.2 Å². The Kier molecular flexibility index (Phi) is 60.7. The van der Waals surface area contributed by atoms with Crippen molar-refractivity contribution in [1.29, 1.82) is 0 Å². The molecule has 0 bridgehead atoms. The van der Waals surface area contributed by atoms with Crippen LogP contribution in [0.1, 0.15) is 348 Å². The molecule has 1 atom stereocenters. The fraction of sp³-hybridized carbons (Fsp3) is 0.838. The average Bonchev–Trinajstić information content (AvgIpc) is 3.40. The number of rotatable bonds is 60. The summed E-state index contributed by atoms with van der Waals surface area (Å²) in [6.45, 7) is 6.55. The quantitative estimate of drug-likeness (QED) is 0.0261. The first-order valence-electron chi connectivity index (χ1n) is 32.6. The van der Waals surface area contributed by atoms with Crippen molar-refractivity contribution in [3.8, 4) is 0 Å². The van der Waals surface area contributed by atoms with Gasteiger partial charge in [0.05, 0.1) is 0 Å². The molecule has 0 aliphatic heterocycles. The van der Waals surface area contributed by atoms with Gasteiger partial charge in [-0.15, -0.1) is 0 Å².